The number of anilines is 1. The maximum absolute atomic E-state index is 12.0. The third-order valence-electron chi connectivity index (χ3n) is 2.82. The zero-order chi connectivity index (χ0) is 13.8. The van der Waals surface area contributed by atoms with Gasteiger partial charge in [-0.1, -0.05) is 19.1 Å². The molecule has 4 nitrogen and oxygen atoms in total. The number of benzene rings is 1. The second-order valence-electron chi connectivity index (χ2n) is 4.41. The molecule has 0 aliphatic rings. The lowest BCUT2D eigenvalue weighted by Gasteiger charge is -2.04. The van der Waals surface area contributed by atoms with Crippen LogP contribution in [0.1, 0.15) is 18.2 Å². The third kappa shape index (κ3) is 3.61. The van der Waals surface area contributed by atoms with E-state index in [1.165, 1.54) is 0 Å². The summed E-state index contributed by atoms with van der Waals surface area (Å²) in [5, 5.41) is 7.20. The highest BCUT2D eigenvalue weighted by atomic mass is 32.1. The zero-order valence-electron chi connectivity index (χ0n) is 11.1. The summed E-state index contributed by atoms with van der Waals surface area (Å²) >= 11 is 4.22. The van der Waals surface area contributed by atoms with E-state index in [0.717, 1.165) is 28.3 Å². The second-order valence-corrected chi connectivity index (χ2v) is 4.92. The fourth-order valence-corrected chi connectivity index (χ4v) is 2.04. The topological polar surface area (TPSA) is 46.9 Å². The number of thiol groups is 1. The highest BCUT2D eigenvalue weighted by Crippen LogP contribution is 2.14. The first-order valence-corrected chi connectivity index (χ1v) is 6.63. The van der Waals surface area contributed by atoms with E-state index in [9.17, 15) is 4.79 Å². The number of nitrogens with one attached hydrogen (secondary N) is 1. The van der Waals surface area contributed by atoms with Crippen LogP contribution in [0.5, 0.6) is 0 Å². The molecular formula is C14H17N3OS. The SMILES string of the molecule is CCc1nn(C)cc1NC(=O)Cc1ccc(S)cc1. The molecule has 0 unspecified atom stereocenters. The molecule has 19 heavy (non-hydrogen) atoms. The third-order valence-corrected chi connectivity index (χ3v) is 3.11. The molecular weight excluding hydrogens is 258 g/mol. The number of aromatic nitrogens is 2. The minimum Gasteiger partial charge on any atom is -0.323 e. The predicted molar refractivity (Wildman–Crippen MR) is 78.6 cm³/mol. The quantitative estimate of drug-likeness (QED) is 0.842. The summed E-state index contributed by atoms with van der Waals surface area (Å²) in [5.41, 5.74) is 2.67. The number of rotatable bonds is 4. The Hall–Kier alpha value is -1.75. The fourth-order valence-electron chi connectivity index (χ4n) is 1.89. The first-order valence-electron chi connectivity index (χ1n) is 6.18. The number of hydrogen-bond donors (Lipinski definition) is 2. The summed E-state index contributed by atoms with van der Waals surface area (Å²) < 4.78 is 1.71. The van der Waals surface area contributed by atoms with E-state index in [0.29, 0.717) is 6.42 Å². The van der Waals surface area contributed by atoms with Gasteiger partial charge in [-0.3, -0.25) is 9.48 Å². The molecule has 1 amide bonds. The molecule has 2 rings (SSSR count). The van der Waals surface area contributed by atoms with E-state index >= 15 is 0 Å². The summed E-state index contributed by atoms with van der Waals surface area (Å²) in [5.74, 6) is -0.0328. The standard InChI is InChI=1S/C14H17N3OS/c1-3-12-13(9-17(2)16-12)15-14(18)8-10-4-6-11(19)7-5-10/h4-7,9,19H,3,8H2,1-2H3,(H,15,18). The largest absolute Gasteiger partial charge is 0.323 e. The Balaban J connectivity index is 2.03. The molecule has 1 aromatic carbocycles. The molecule has 1 N–H and O–H groups in total. The van der Waals surface area contributed by atoms with Gasteiger partial charge in [-0.25, -0.2) is 0 Å². The van der Waals surface area contributed by atoms with Gasteiger partial charge in [0.1, 0.15) is 0 Å². The van der Waals surface area contributed by atoms with Gasteiger partial charge in [0, 0.05) is 18.1 Å². The Morgan fingerprint density at radius 3 is 2.68 bits per heavy atom. The molecule has 5 heteroatoms. The summed E-state index contributed by atoms with van der Waals surface area (Å²) in [6.45, 7) is 2.02. The summed E-state index contributed by atoms with van der Waals surface area (Å²) in [4.78, 5) is 12.9. The van der Waals surface area contributed by atoms with Crippen molar-refractivity contribution in [1.82, 2.24) is 9.78 Å². The molecule has 0 atom stereocenters. The Kier molecular flexibility index (Phi) is 4.27. The van der Waals surface area contributed by atoms with E-state index in [1.54, 1.807) is 4.68 Å². The maximum Gasteiger partial charge on any atom is 0.228 e. The van der Waals surface area contributed by atoms with Crippen LogP contribution in [-0.2, 0) is 24.7 Å². The van der Waals surface area contributed by atoms with Crippen molar-refractivity contribution in [3.63, 3.8) is 0 Å². The molecule has 1 aromatic heterocycles. The van der Waals surface area contributed by atoms with Gasteiger partial charge in [0.15, 0.2) is 0 Å². The Morgan fingerprint density at radius 1 is 1.37 bits per heavy atom. The number of hydrogen-bond acceptors (Lipinski definition) is 3. The smallest absolute Gasteiger partial charge is 0.228 e. The Morgan fingerprint density at radius 2 is 2.05 bits per heavy atom. The van der Waals surface area contributed by atoms with E-state index < -0.39 is 0 Å². The van der Waals surface area contributed by atoms with Gasteiger partial charge in [-0.15, -0.1) is 12.6 Å². The second kappa shape index (κ2) is 5.93. The molecule has 0 spiro atoms. The van der Waals surface area contributed by atoms with Crippen molar-refractivity contribution in [3.05, 3.63) is 41.7 Å². The highest BCUT2D eigenvalue weighted by molar-refractivity contribution is 7.80. The average molecular weight is 275 g/mol. The van der Waals surface area contributed by atoms with E-state index in [1.807, 2.05) is 44.4 Å². The lowest BCUT2D eigenvalue weighted by molar-refractivity contribution is -0.115. The van der Waals surface area contributed by atoms with Crippen LogP contribution in [0.3, 0.4) is 0 Å². The average Bonchev–Trinajstić information content (AvgIpc) is 2.72. The number of carbonyl (C=O) groups is 1. The van der Waals surface area contributed by atoms with Crippen molar-refractivity contribution < 1.29 is 4.79 Å². The van der Waals surface area contributed by atoms with Crippen molar-refractivity contribution >= 4 is 24.2 Å². The van der Waals surface area contributed by atoms with Crippen LogP contribution in [0.4, 0.5) is 5.69 Å². The molecule has 100 valence electrons. The van der Waals surface area contributed by atoms with Gasteiger partial charge < -0.3 is 5.32 Å². The minimum atomic E-state index is -0.0328. The minimum absolute atomic E-state index is 0.0328. The summed E-state index contributed by atoms with van der Waals surface area (Å²) in [6, 6.07) is 7.58. The molecule has 2 aromatic rings. The lowest BCUT2D eigenvalue weighted by atomic mass is 10.1. The Bertz CT molecular complexity index is 575. The molecule has 1 heterocycles. The van der Waals surface area contributed by atoms with Crippen molar-refractivity contribution in [2.45, 2.75) is 24.7 Å². The first kappa shape index (κ1) is 13.7. The monoisotopic (exact) mass is 275 g/mol. The van der Waals surface area contributed by atoms with Crippen molar-refractivity contribution in [1.29, 1.82) is 0 Å². The van der Waals surface area contributed by atoms with Gasteiger partial charge in [-0.05, 0) is 24.1 Å². The summed E-state index contributed by atoms with van der Waals surface area (Å²) in [7, 11) is 1.85. The van der Waals surface area contributed by atoms with Crippen LogP contribution in [-0.4, -0.2) is 15.7 Å². The van der Waals surface area contributed by atoms with E-state index in [2.05, 4.69) is 23.0 Å². The molecule has 0 radical (unpaired) electrons. The van der Waals surface area contributed by atoms with Gasteiger partial charge in [-0.2, -0.15) is 5.10 Å². The molecule has 0 fully saturated rings. The molecule has 0 aliphatic heterocycles. The number of amides is 1. The van der Waals surface area contributed by atoms with Gasteiger partial charge >= 0.3 is 0 Å². The predicted octanol–water partition coefficient (Wildman–Crippen LogP) is 2.45. The van der Waals surface area contributed by atoms with Crippen LogP contribution in [0.2, 0.25) is 0 Å². The van der Waals surface area contributed by atoms with Crippen LogP contribution in [0.15, 0.2) is 35.4 Å². The zero-order valence-corrected chi connectivity index (χ0v) is 11.9. The number of nitrogens with zero attached hydrogens (tertiary/aromatic N) is 2. The van der Waals surface area contributed by atoms with Crippen molar-refractivity contribution in [2.75, 3.05) is 5.32 Å². The maximum atomic E-state index is 12.0. The van der Waals surface area contributed by atoms with Gasteiger partial charge in [0.2, 0.25) is 5.91 Å². The lowest BCUT2D eigenvalue weighted by Crippen LogP contribution is -2.14. The summed E-state index contributed by atoms with van der Waals surface area (Å²) in [6.07, 6.45) is 2.98. The molecule has 0 bridgehead atoms. The molecule has 0 saturated carbocycles. The highest BCUT2D eigenvalue weighted by Gasteiger charge is 2.10. The molecule has 0 saturated heterocycles. The van der Waals surface area contributed by atoms with E-state index in [-0.39, 0.29) is 5.91 Å². The van der Waals surface area contributed by atoms with Crippen LogP contribution in [0, 0.1) is 0 Å². The van der Waals surface area contributed by atoms with Gasteiger partial charge in [0.25, 0.3) is 0 Å². The van der Waals surface area contributed by atoms with Gasteiger partial charge in [0.05, 0.1) is 17.8 Å². The Labute approximate surface area is 118 Å². The fraction of sp³-hybridized carbons (Fsp3) is 0.286. The number of carbonyl (C=O) groups excluding carboxylic acids is 1. The van der Waals surface area contributed by atoms with Crippen molar-refractivity contribution in [3.8, 4) is 0 Å². The van der Waals surface area contributed by atoms with E-state index in [4.69, 9.17) is 0 Å². The number of aryl methyl sites for hydroxylation is 2. The molecule has 0 aliphatic carbocycles. The first-order chi connectivity index (χ1) is 9.08. The normalized spacial score (nSPS) is 10.5. The van der Waals surface area contributed by atoms with Crippen LogP contribution in [0.25, 0.3) is 0 Å². The van der Waals surface area contributed by atoms with Crippen LogP contribution >= 0.6 is 12.6 Å². The van der Waals surface area contributed by atoms with Crippen molar-refractivity contribution in [2.24, 2.45) is 7.05 Å². The van der Waals surface area contributed by atoms with Crippen LogP contribution < -0.4 is 5.32 Å².